The molecule has 1 aromatic carbocycles. The SMILES string of the molecule is Cc1ccc(C[n+]2cccnc2N)cc1.[Br-]. The highest BCUT2D eigenvalue weighted by Gasteiger charge is 2.04. The summed E-state index contributed by atoms with van der Waals surface area (Å²) < 4.78 is 1.92. The summed E-state index contributed by atoms with van der Waals surface area (Å²) in [5, 5.41) is 0. The fraction of sp³-hybridized carbons (Fsp3) is 0.167. The zero-order chi connectivity index (χ0) is 10.7. The number of anilines is 1. The molecule has 2 N–H and O–H groups in total. The Morgan fingerprint density at radius 2 is 1.94 bits per heavy atom. The van der Waals surface area contributed by atoms with E-state index in [1.807, 2.05) is 16.8 Å². The number of aromatic nitrogens is 2. The van der Waals surface area contributed by atoms with E-state index in [9.17, 15) is 0 Å². The molecule has 0 bridgehead atoms. The lowest BCUT2D eigenvalue weighted by Crippen LogP contribution is -3.00. The fourth-order valence-electron chi connectivity index (χ4n) is 1.44. The molecule has 0 radical (unpaired) electrons. The first-order valence-electron chi connectivity index (χ1n) is 4.91. The van der Waals surface area contributed by atoms with E-state index in [1.54, 1.807) is 6.20 Å². The maximum Gasteiger partial charge on any atom is 0.389 e. The Kier molecular flexibility index (Phi) is 4.43. The molecule has 1 heterocycles. The topological polar surface area (TPSA) is 42.8 Å². The maximum absolute atomic E-state index is 5.75. The Hall–Kier alpha value is -1.42. The highest BCUT2D eigenvalue weighted by molar-refractivity contribution is 5.20. The van der Waals surface area contributed by atoms with E-state index >= 15 is 0 Å². The van der Waals surface area contributed by atoms with E-state index in [0.29, 0.717) is 5.95 Å². The second-order valence-electron chi connectivity index (χ2n) is 3.59. The first-order valence-corrected chi connectivity index (χ1v) is 4.91. The fourth-order valence-corrected chi connectivity index (χ4v) is 1.44. The second-order valence-corrected chi connectivity index (χ2v) is 3.59. The van der Waals surface area contributed by atoms with Crippen LogP contribution in [0.5, 0.6) is 0 Å². The molecule has 16 heavy (non-hydrogen) atoms. The molecular formula is C12H14BrN3. The van der Waals surface area contributed by atoms with Crippen LogP contribution in [0.1, 0.15) is 11.1 Å². The normalized spacial score (nSPS) is 9.56. The predicted molar refractivity (Wildman–Crippen MR) is 59.1 cm³/mol. The third kappa shape index (κ3) is 3.03. The van der Waals surface area contributed by atoms with E-state index in [1.165, 1.54) is 11.1 Å². The molecular weight excluding hydrogens is 266 g/mol. The van der Waals surface area contributed by atoms with Crippen molar-refractivity contribution < 1.29 is 21.5 Å². The van der Waals surface area contributed by atoms with Crippen molar-refractivity contribution >= 4 is 5.95 Å². The summed E-state index contributed by atoms with van der Waals surface area (Å²) in [5.74, 6) is 0.540. The van der Waals surface area contributed by atoms with Crippen molar-refractivity contribution in [1.82, 2.24) is 4.98 Å². The van der Waals surface area contributed by atoms with Crippen molar-refractivity contribution in [3.05, 3.63) is 53.9 Å². The van der Waals surface area contributed by atoms with Gasteiger partial charge in [-0.3, -0.25) is 5.73 Å². The lowest BCUT2D eigenvalue weighted by Gasteiger charge is -2.02. The highest BCUT2D eigenvalue weighted by Crippen LogP contribution is 2.02. The Labute approximate surface area is 106 Å². The summed E-state index contributed by atoms with van der Waals surface area (Å²) in [4.78, 5) is 4.03. The summed E-state index contributed by atoms with van der Waals surface area (Å²) in [5.41, 5.74) is 8.24. The molecule has 3 nitrogen and oxygen atoms in total. The van der Waals surface area contributed by atoms with Gasteiger partial charge in [0, 0.05) is 6.07 Å². The number of hydrogen-bond acceptors (Lipinski definition) is 2. The van der Waals surface area contributed by atoms with Crippen molar-refractivity contribution in [1.29, 1.82) is 0 Å². The largest absolute Gasteiger partial charge is 1.00 e. The van der Waals surface area contributed by atoms with Crippen molar-refractivity contribution in [2.45, 2.75) is 13.5 Å². The summed E-state index contributed by atoms with van der Waals surface area (Å²) in [6.07, 6.45) is 3.63. The van der Waals surface area contributed by atoms with Crippen LogP contribution in [0.2, 0.25) is 0 Å². The van der Waals surface area contributed by atoms with Crippen LogP contribution in [-0.4, -0.2) is 4.98 Å². The molecule has 0 aliphatic carbocycles. The second kappa shape index (κ2) is 5.61. The minimum absolute atomic E-state index is 0. The van der Waals surface area contributed by atoms with Gasteiger partial charge in [0.15, 0.2) is 0 Å². The van der Waals surface area contributed by atoms with Gasteiger partial charge in [0.1, 0.15) is 6.20 Å². The molecule has 0 saturated heterocycles. The summed E-state index contributed by atoms with van der Waals surface area (Å²) in [6.45, 7) is 2.84. The standard InChI is InChI=1S/C12H13N3.BrH/c1-10-3-5-11(6-4-10)9-15-8-2-7-14-12(15)13;/h2-8,13H,9H2,1H3;1H. The van der Waals surface area contributed by atoms with Crippen molar-refractivity contribution in [2.24, 2.45) is 0 Å². The van der Waals surface area contributed by atoms with Gasteiger partial charge in [0.05, 0.1) is 12.7 Å². The lowest BCUT2D eigenvalue weighted by atomic mass is 10.1. The molecule has 0 saturated carbocycles. The van der Waals surface area contributed by atoms with E-state index < -0.39 is 0 Å². The van der Waals surface area contributed by atoms with Crippen LogP contribution in [0.3, 0.4) is 0 Å². The minimum atomic E-state index is 0. The molecule has 0 amide bonds. The summed E-state index contributed by atoms with van der Waals surface area (Å²) in [7, 11) is 0. The maximum atomic E-state index is 5.75. The molecule has 0 aliphatic rings. The van der Waals surface area contributed by atoms with Crippen molar-refractivity contribution in [3.63, 3.8) is 0 Å². The van der Waals surface area contributed by atoms with E-state index in [-0.39, 0.29) is 17.0 Å². The Morgan fingerprint density at radius 1 is 1.25 bits per heavy atom. The third-order valence-corrected chi connectivity index (χ3v) is 2.33. The van der Waals surface area contributed by atoms with Crippen LogP contribution in [0.15, 0.2) is 42.7 Å². The molecule has 0 atom stereocenters. The number of halogens is 1. The van der Waals surface area contributed by atoms with Crippen molar-refractivity contribution in [3.8, 4) is 0 Å². The Balaban J connectivity index is 0.00000128. The molecule has 0 spiro atoms. The molecule has 2 aromatic rings. The zero-order valence-electron chi connectivity index (χ0n) is 9.10. The van der Waals surface area contributed by atoms with Gasteiger partial charge in [-0.05, 0) is 12.5 Å². The molecule has 0 unspecified atom stereocenters. The molecule has 0 fully saturated rings. The summed E-state index contributed by atoms with van der Waals surface area (Å²) >= 11 is 0. The van der Waals surface area contributed by atoms with Gasteiger partial charge in [-0.25, -0.2) is 4.57 Å². The Morgan fingerprint density at radius 3 is 2.56 bits per heavy atom. The molecule has 1 aromatic heterocycles. The third-order valence-electron chi connectivity index (χ3n) is 2.33. The van der Waals surface area contributed by atoms with Crippen LogP contribution in [0.4, 0.5) is 5.95 Å². The minimum Gasteiger partial charge on any atom is -1.00 e. The number of rotatable bonds is 2. The average Bonchev–Trinajstić information content (AvgIpc) is 2.25. The molecule has 84 valence electrons. The monoisotopic (exact) mass is 279 g/mol. The van der Waals surface area contributed by atoms with Gasteiger partial charge >= 0.3 is 5.95 Å². The van der Waals surface area contributed by atoms with Gasteiger partial charge in [-0.1, -0.05) is 34.8 Å². The van der Waals surface area contributed by atoms with Crippen molar-refractivity contribution in [2.75, 3.05) is 5.73 Å². The van der Waals surface area contributed by atoms with Crippen LogP contribution in [0.25, 0.3) is 0 Å². The van der Waals surface area contributed by atoms with E-state index in [2.05, 4.69) is 36.2 Å². The van der Waals surface area contributed by atoms with Crippen LogP contribution in [-0.2, 0) is 6.54 Å². The molecule has 0 aliphatic heterocycles. The van der Waals surface area contributed by atoms with Gasteiger partial charge in [0.2, 0.25) is 0 Å². The van der Waals surface area contributed by atoms with Gasteiger partial charge in [-0.15, -0.1) is 0 Å². The van der Waals surface area contributed by atoms with E-state index in [4.69, 9.17) is 5.73 Å². The van der Waals surface area contributed by atoms with Crippen LogP contribution < -0.4 is 27.3 Å². The smallest absolute Gasteiger partial charge is 0.389 e. The van der Waals surface area contributed by atoms with E-state index in [0.717, 1.165) is 6.54 Å². The first kappa shape index (κ1) is 12.6. The predicted octanol–water partition coefficient (Wildman–Crippen LogP) is -1.69. The van der Waals surface area contributed by atoms with Gasteiger partial charge < -0.3 is 17.0 Å². The quantitative estimate of drug-likeness (QED) is 0.667. The van der Waals surface area contributed by atoms with Gasteiger partial charge in [-0.2, -0.15) is 0 Å². The zero-order valence-corrected chi connectivity index (χ0v) is 10.7. The number of nitrogens with two attached hydrogens (primary N) is 1. The van der Waals surface area contributed by atoms with Crippen LogP contribution >= 0.6 is 0 Å². The number of hydrogen-bond donors (Lipinski definition) is 1. The number of aryl methyl sites for hydroxylation is 1. The number of nitrogens with zero attached hydrogens (tertiary/aromatic N) is 2. The average molecular weight is 280 g/mol. The molecule has 4 heteroatoms. The molecule has 2 rings (SSSR count). The number of nitrogen functional groups attached to an aromatic ring is 1. The van der Waals surface area contributed by atoms with Gasteiger partial charge in [0.25, 0.3) is 0 Å². The highest BCUT2D eigenvalue weighted by atomic mass is 79.9. The lowest BCUT2D eigenvalue weighted by molar-refractivity contribution is -0.676. The Bertz CT molecular complexity index is 454. The number of benzene rings is 1. The first-order chi connectivity index (χ1) is 7.25. The van der Waals surface area contributed by atoms with Crippen LogP contribution in [0, 0.1) is 6.92 Å². The summed E-state index contributed by atoms with van der Waals surface area (Å²) in [6, 6.07) is 10.3.